The summed E-state index contributed by atoms with van der Waals surface area (Å²) >= 11 is 0. The van der Waals surface area contributed by atoms with Crippen LogP contribution < -0.4 is 5.32 Å². The van der Waals surface area contributed by atoms with Crippen molar-refractivity contribution in [3.8, 4) is 0 Å². The molecule has 2 fully saturated rings. The molecule has 0 saturated heterocycles. The molecule has 2 nitrogen and oxygen atoms in total. The lowest BCUT2D eigenvalue weighted by Gasteiger charge is -2.27. The van der Waals surface area contributed by atoms with E-state index in [1.54, 1.807) is 0 Å². The summed E-state index contributed by atoms with van der Waals surface area (Å²) in [4.78, 5) is 4.50. The smallest absolute Gasteiger partial charge is 0.0705 e. The summed E-state index contributed by atoms with van der Waals surface area (Å²) in [5, 5.41) is 4.77. The summed E-state index contributed by atoms with van der Waals surface area (Å²) in [7, 11) is 2.10. The Kier molecular flexibility index (Phi) is 3.42. The van der Waals surface area contributed by atoms with Crippen molar-refractivity contribution in [2.24, 2.45) is 17.8 Å². The number of rotatable bonds is 4. The lowest BCUT2D eigenvalue weighted by atomic mass is 9.82. The molecule has 2 saturated carbocycles. The second kappa shape index (κ2) is 5.42. The molecule has 1 N–H and O–H groups in total. The number of aromatic nitrogens is 1. The molecule has 2 aliphatic carbocycles. The van der Waals surface area contributed by atoms with Crippen LogP contribution in [-0.4, -0.2) is 12.0 Å². The lowest BCUT2D eigenvalue weighted by molar-refractivity contribution is 0.284. The molecule has 110 valence electrons. The molecule has 1 aromatic heterocycles. The maximum absolute atomic E-state index is 4.50. The maximum atomic E-state index is 4.50. The average molecular weight is 280 g/mol. The summed E-state index contributed by atoms with van der Waals surface area (Å²) < 4.78 is 0. The van der Waals surface area contributed by atoms with Gasteiger partial charge in [-0.05, 0) is 68.2 Å². The minimum atomic E-state index is 0.473. The van der Waals surface area contributed by atoms with Crippen molar-refractivity contribution < 1.29 is 0 Å². The first-order valence-corrected chi connectivity index (χ1v) is 8.35. The van der Waals surface area contributed by atoms with E-state index >= 15 is 0 Å². The Balaban J connectivity index is 1.56. The van der Waals surface area contributed by atoms with Crippen LogP contribution in [0.2, 0.25) is 0 Å². The van der Waals surface area contributed by atoms with Crippen molar-refractivity contribution in [1.29, 1.82) is 0 Å². The molecule has 2 aromatic rings. The van der Waals surface area contributed by atoms with Crippen LogP contribution >= 0.6 is 0 Å². The Morgan fingerprint density at radius 3 is 2.95 bits per heavy atom. The van der Waals surface area contributed by atoms with Gasteiger partial charge in [-0.15, -0.1) is 0 Å². The van der Waals surface area contributed by atoms with Crippen LogP contribution in [0.1, 0.15) is 43.7 Å². The van der Waals surface area contributed by atoms with E-state index in [9.17, 15) is 0 Å². The number of fused-ring (bicyclic) bond motifs is 3. The molecule has 4 atom stereocenters. The average Bonchev–Trinajstić information content (AvgIpc) is 3.15. The molecule has 0 spiro atoms. The molecule has 0 amide bonds. The minimum absolute atomic E-state index is 0.473. The van der Waals surface area contributed by atoms with Crippen LogP contribution in [0.3, 0.4) is 0 Å². The first-order chi connectivity index (χ1) is 10.3. The maximum Gasteiger partial charge on any atom is 0.0705 e. The van der Waals surface area contributed by atoms with E-state index in [1.165, 1.54) is 43.1 Å². The third-order valence-electron chi connectivity index (χ3n) is 5.80. The number of hydrogen-bond donors (Lipinski definition) is 1. The van der Waals surface area contributed by atoms with Gasteiger partial charge in [-0.3, -0.25) is 4.98 Å². The van der Waals surface area contributed by atoms with Crippen LogP contribution in [0.15, 0.2) is 36.5 Å². The molecular formula is C19H24N2. The van der Waals surface area contributed by atoms with Gasteiger partial charge in [0.25, 0.3) is 0 Å². The van der Waals surface area contributed by atoms with Gasteiger partial charge in [-0.1, -0.05) is 24.6 Å². The highest BCUT2D eigenvalue weighted by Gasteiger charge is 2.40. The highest BCUT2D eigenvalue weighted by molar-refractivity contribution is 5.78. The van der Waals surface area contributed by atoms with Crippen molar-refractivity contribution in [1.82, 2.24) is 10.3 Å². The summed E-state index contributed by atoms with van der Waals surface area (Å²) in [5.74, 6) is 2.97. The molecule has 1 heterocycles. The predicted octanol–water partition coefficient (Wildman–Crippen LogP) is 4.32. The summed E-state index contributed by atoms with van der Waals surface area (Å²) in [5.41, 5.74) is 2.51. The molecule has 2 aliphatic rings. The van der Waals surface area contributed by atoms with Crippen LogP contribution in [0, 0.1) is 17.8 Å². The molecule has 0 aliphatic heterocycles. The highest BCUT2D eigenvalue weighted by atomic mass is 14.9. The number of nitrogens with one attached hydrogen (secondary N) is 1. The Morgan fingerprint density at radius 2 is 2.19 bits per heavy atom. The summed E-state index contributed by atoms with van der Waals surface area (Å²) in [6, 6.07) is 11.4. The molecule has 21 heavy (non-hydrogen) atoms. The van der Waals surface area contributed by atoms with Crippen molar-refractivity contribution in [2.45, 2.75) is 38.1 Å². The van der Waals surface area contributed by atoms with Gasteiger partial charge in [-0.2, -0.15) is 0 Å². The highest BCUT2D eigenvalue weighted by Crippen LogP contribution is 2.50. The zero-order chi connectivity index (χ0) is 14.2. The van der Waals surface area contributed by atoms with Crippen LogP contribution in [0.5, 0.6) is 0 Å². The van der Waals surface area contributed by atoms with E-state index in [4.69, 9.17) is 0 Å². The quantitative estimate of drug-likeness (QED) is 0.902. The van der Waals surface area contributed by atoms with E-state index in [2.05, 4.69) is 41.6 Å². The second-order valence-corrected chi connectivity index (χ2v) is 6.97. The van der Waals surface area contributed by atoms with E-state index < -0.39 is 0 Å². The molecular weight excluding hydrogens is 256 g/mol. The van der Waals surface area contributed by atoms with Crippen LogP contribution in [-0.2, 0) is 0 Å². The molecule has 4 rings (SSSR count). The SMILES string of the molecule is CNC(CC1CC2CCC1C2)c1ccc2cccnc2c1. The van der Waals surface area contributed by atoms with Crippen molar-refractivity contribution in [3.63, 3.8) is 0 Å². The van der Waals surface area contributed by atoms with E-state index in [1.807, 2.05) is 12.3 Å². The standard InChI is InChI=1S/C19H24N2/c1-20-18(12-17-10-13-4-5-15(17)9-13)16-7-6-14-3-2-8-21-19(14)11-16/h2-3,6-8,11,13,15,17-18,20H,4-5,9-10,12H2,1H3. The Labute approximate surface area is 127 Å². The largest absolute Gasteiger partial charge is 0.313 e. The zero-order valence-electron chi connectivity index (χ0n) is 12.8. The van der Waals surface area contributed by atoms with Crippen LogP contribution in [0.4, 0.5) is 0 Å². The van der Waals surface area contributed by atoms with Gasteiger partial charge in [0.1, 0.15) is 0 Å². The van der Waals surface area contributed by atoms with Crippen molar-refractivity contribution >= 4 is 10.9 Å². The van der Waals surface area contributed by atoms with Crippen molar-refractivity contribution in [3.05, 3.63) is 42.1 Å². The fourth-order valence-electron chi connectivity index (χ4n) is 4.69. The predicted molar refractivity (Wildman–Crippen MR) is 87.1 cm³/mol. The Hall–Kier alpha value is -1.41. The monoisotopic (exact) mass is 280 g/mol. The molecule has 2 bridgehead atoms. The fraction of sp³-hybridized carbons (Fsp3) is 0.526. The number of hydrogen-bond acceptors (Lipinski definition) is 2. The first-order valence-electron chi connectivity index (χ1n) is 8.35. The molecule has 2 heteroatoms. The van der Waals surface area contributed by atoms with Gasteiger partial charge in [0.05, 0.1) is 5.52 Å². The molecule has 4 unspecified atom stereocenters. The van der Waals surface area contributed by atoms with Crippen molar-refractivity contribution in [2.75, 3.05) is 7.05 Å². The Bertz CT molecular complexity index is 636. The minimum Gasteiger partial charge on any atom is -0.313 e. The lowest BCUT2D eigenvalue weighted by Crippen LogP contribution is -2.22. The van der Waals surface area contributed by atoms with E-state index in [0.29, 0.717) is 6.04 Å². The number of nitrogens with zero attached hydrogens (tertiary/aromatic N) is 1. The molecule has 1 aromatic carbocycles. The first kappa shape index (κ1) is 13.3. The third-order valence-corrected chi connectivity index (χ3v) is 5.80. The zero-order valence-corrected chi connectivity index (χ0v) is 12.8. The van der Waals surface area contributed by atoms with Gasteiger partial charge in [0.15, 0.2) is 0 Å². The van der Waals surface area contributed by atoms with Crippen LogP contribution in [0.25, 0.3) is 10.9 Å². The molecule has 0 radical (unpaired) electrons. The van der Waals surface area contributed by atoms with Gasteiger partial charge in [0.2, 0.25) is 0 Å². The van der Waals surface area contributed by atoms with E-state index in [-0.39, 0.29) is 0 Å². The second-order valence-electron chi connectivity index (χ2n) is 6.97. The number of benzene rings is 1. The van der Waals surface area contributed by atoms with Gasteiger partial charge < -0.3 is 5.32 Å². The van der Waals surface area contributed by atoms with Gasteiger partial charge >= 0.3 is 0 Å². The normalized spacial score (nSPS) is 29.1. The summed E-state index contributed by atoms with van der Waals surface area (Å²) in [6.45, 7) is 0. The third kappa shape index (κ3) is 2.46. The Morgan fingerprint density at radius 1 is 1.24 bits per heavy atom. The van der Waals surface area contributed by atoms with Gasteiger partial charge in [0, 0.05) is 17.6 Å². The summed E-state index contributed by atoms with van der Waals surface area (Å²) in [6.07, 6.45) is 9.11. The number of pyridine rings is 1. The topological polar surface area (TPSA) is 24.9 Å². The van der Waals surface area contributed by atoms with E-state index in [0.717, 1.165) is 23.3 Å². The van der Waals surface area contributed by atoms with Gasteiger partial charge in [-0.25, -0.2) is 0 Å². The fourth-order valence-corrected chi connectivity index (χ4v) is 4.69.